The largest absolute Gasteiger partial charge is 0.463 e. The van der Waals surface area contributed by atoms with E-state index < -0.39 is 29.7 Å². The third-order valence-corrected chi connectivity index (χ3v) is 1.85. The number of hydrogen-bond donors (Lipinski definition) is 2. The molecule has 2 atom stereocenters. The molecule has 0 aliphatic carbocycles. The van der Waals surface area contributed by atoms with E-state index in [1.807, 2.05) is 0 Å². The van der Waals surface area contributed by atoms with Gasteiger partial charge in [0, 0.05) is 13.3 Å². The van der Waals surface area contributed by atoms with E-state index in [2.05, 4.69) is 4.74 Å². The zero-order valence-electron chi connectivity index (χ0n) is 11.3. The Morgan fingerprint density at radius 2 is 1.72 bits per heavy atom. The first-order chi connectivity index (χ1) is 8.10. The van der Waals surface area contributed by atoms with E-state index in [9.17, 15) is 19.8 Å². The van der Waals surface area contributed by atoms with Crippen LogP contribution in [-0.2, 0) is 19.1 Å². The monoisotopic (exact) mass is 262 g/mol. The van der Waals surface area contributed by atoms with Gasteiger partial charge in [0.05, 0.1) is 18.6 Å². The van der Waals surface area contributed by atoms with Crippen molar-refractivity contribution in [1.29, 1.82) is 0 Å². The lowest BCUT2D eigenvalue weighted by Gasteiger charge is -2.21. The molecule has 0 radical (unpaired) electrons. The number of carbonyl (C=O) groups excluding carboxylic acids is 2. The van der Waals surface area contributed by atoms with Crippen LogP contribution in [0.1, 0.15) is 40.5 Å². The summed E-state index contributed by atoms with van der Waals surface area (Å²) in [5, 5.41) is 19.0. The van der Waals surface area contributed by atoms with Gasteiger partial charge in [-0.25, -0.2) is 0 Å². The average molecular weight is 262 g/mol. The second-order valence-corrected chi connectivity index (χ2v) is 5.14. The van der Waals surface area contributed by atoms with Gasteiger partial charge in [0.15, 0.2) is 0 Å². The highest BCUT2D eigenvalue weighted by Crippen LogP contribution is 2.11. The van der Waals surface area contributed by atoms with Gasteiger partial charge in [0.2, 0.25) is 0 Å². The van der Waals surface area contributed by atoms with Crippen molar-refractivity contribution in [2.45, 2.75) is 58.3 Å². The maximum Gasteiger partial charge on any atom is 0.308 e. The van der Waals surface area contributed by atoms with Crippen molar-refractivity contribution >= 4 is 11.9 Å². The van der Waals surface area contributed by atoms with Crippen LogP contribution in [0.5, 0.6) is 0 Å². The molecular weight excluding hydrogens is 240 g/mol. The van der Waals surface area contributed by atoms with Crippen LogP contribution in [0, 0.1) is 0 Å². The quantitative estimate of drug-likeness (QED) is 0.673. The number of esters is 2. The molecule has 0 saturated carbocycles. The molecule has 18 heavy (non-hydrogen) atoms. The number of carbonyl (C=O) groups is 2. The fourth-order valence-corrected chi connectivity index (χ4v) is 1.25. The van der Waals surface area contributed by atoms with Crippen LogP contribution in [0.3, 0.4) is 0 Å². The summed E-state index contributed by atoms with van der Waals surface area (Å²) in [5.74, 6) is -1.04. The van der Waals surface area contributed by atoms with E-state index in [-0.39, 0.29) is 19.4 Å². The summed E-state index contributed by atoms with van der Waals surface area (Å²) in [4.78, 5) is 21.9. The number of ether oxygens (including phenoxy) is 2. The van der Waals surface area contributed by atoms with Gasteiger partial charge in [-0.05, 0) is 20.8 Å². The summed E-state index contributed by atoms with van der Waals surface area (Å²) in [5.41, 5.74) is -0.604. The number of rotatable bonds is 6. The van der Waals surface area contributed by atoms with Crippen LogP contribution < -0.4 is 0 Å². The molecule has 0 aromatic carbocycles. The molecule has 2 unspecified atom stereocenters. The fourth-order valence-electron chi connectivity index (χ4n) is 1.25. The van der Waals surface area contributed by atoms with Gasteiger partial charge in [0.25, 0.3) is 0 Å². The molecule has 0 aliphatic heterocycles. The summed E-state index contributed by atoms with van der Waals surface area (Å²) >= 11 is 0. The molecule has 0 aromatic rings. The van der Waals surface area contributed by atoms with E-state index in [0.717, 1.165) is 0 Å². The van der Waals surface area contributed by atoms with Crippen molar-refractivity contribution in [3.63, 3.8) is 0 Å². The average Bonchev–Trinajstić information content (AvgIpc) is 2.10. The third kappa shape index (κ3) is 10.0. The molecule has 6 heteroatoms. The number of aliphatic hydroxyl groups excluding tert-OH is 2. The van der Waals surface area contributed by atoms with Crippen LogP contribution >= 0.6 is 0 Å². The molecule has 0 fully saturated rings. The standard InChI is InChI=1S/C12H22O6/c1-8(13)17-7-10(15)5-9(14)6-11(16)18-12(2,3)4/h9-10,14-15H,5-7H2,1-4H3. The SMILES string of the molecule is CC(=O)OCC(O)CC(O)CC(=O)OC(C)(C)C. The summed E-state index contributed by atoms with van der Waals surface area (Å²) in [6, 6.07) is 0. The lowest BCUT2D eigenvalue weighted by Crippen LogP contribution is -2.29. The second-order valence-electron chi connectivity index (χ2n) is 5.14. The van der Waals surface area contributed by atoms with Crippen molar-refractivity contribution in [2.24, 2.45) is 0 Å². The molecule has 0 saturated heterocycles. The zero-order valence-corrected chi connectivity index (χ0v) is 11.3. The van der Waals surface area contributed by atoms with Crippen molar-refractivity contribution in [3.05, 3.63) is 0 Å². The Balaban J connectivity index is 3.92. The van der Waals surface area contributed by atoms with E-state index in [4.69, 9.17) is 4.74 Å². The highest BCUT2D eigenvalue weighted by Gasteiger charge is 2.21. The molecule has 0 bridgehead atoms. The highest BCUT2D eigenvalue weighted by molar-refractivity contribution is 5.70. The zero-order chi connectivity index (χ0) is 14.3. The number of hydrogen-bond acceptors (Lipinski definition) is 6. The molecule has 0 aromatic heterocycles. The first kappa shape index (κ1) is 16.9. The maximum atomic E-state index is 11.4. The molecule has 0 rings (SSSR count). The minimum atomic E-state index is -1.02. The first-order valence-corrected chi connectivity index (χ1v) is 5.81. The molecule has 2 N–H and O–H groups in total. The molecule has 0 spiro atoms. The predicted molar refractivity (Wildman–Crippen MR) is 63.7 cm³/mol. The fraction of sp³-hybridized carbons (Fsp3) is 0.833. The maximum absolute atomic E-state index is 11.4. The van der Waals surface area contributed by atoms with Gasteiger partial charge in [-0.2, -0.15) is 0 Å². The van der Waals surface area contributed by atoms with Crippen molar-refractivity contribution in [1.82, 2.24) is 0 Å². The van der Waals surface area contributed by atoms with Crippen LogP contribution in [-0.4, -0.2) is 46.6 Å². The van der Waals surface area contributed by atoms with E-state index in [1.54, 1.807) is 20.8 Å². The Morgan fingerprint density at radius 1 is 1.17 bits per heavy atom. The van der Waals surface area contributed by atoms with Gasteiger partial charge < -0.3 is 19.7 Å². The molecular formula is C12H22O6. The highest BCUT2D eigenvalue weighted by atomic mass is 16.6. The summed E-state index contributed by atoms with van der Waals surface area (Å²) in [7, 11) is 0. The molecule has 0 aliphatic rings. The Bertz CT molecular complexity index is 281. The molecule has 0 amide bonds. The van der Waals surface area contributed by atoms with E-state index in [1.165, 1.54) is 6.92 Å². The van der Waals surface area contributed by atoms with Gasteiger partial charge in [-0.15, -0.1) is 0 Å². The van der Waals surface area contributed by atoms with E-state index >= 15 is 0 Å². The lowest BCUT2D eigenvalue weighted by molar-refractivity contribution is -0.158. The minimum absolute atomic E-state index is 0.0491. The summed E-state index contributed by atoms with van der Waals surface area (Å²) in [6.45, 7) is 6.22. The van der Waals surface area contributed by atoms with Gasteiger partial charge in [0.1, 0.15) is 12.2 Å². The smallest absolute Gasteiger partial charge is 0.308 e. The summed E-state index contributed by atoms with van der Waals surface area (Å²) < 4.78 is 9.60. The molecule has 0 heterocycles. The van der Waals surface area contributed by atoms with Gasteiger partial charge >= 0.3 is 11.9 Å². The van der Waals surface area contributed by atoms with Crippen LogP contribution in [0.15, 0.2) is 0 Å². The topological polar surface area (TPSA) is 93.1 Å². The third-order valence-electron chi connectivity index (χ3n) is 1.85. The lowest BCUT2D eigenvalue weighted by atomic mass is 10.1. The minimum Gasteiger partial charge on any atom is -0.463 e. The second kappa shape index (κ2) is 7.33. The van der Waals surface area contributed by atoms with Gasteiger partial charge in [-0.1, -0.05) is 0 Å². The Morgan fingerprint density at radius 3 is 2.17 bits per heavy atom. The van der Waals surface area contributed by atoms with Gasteiger partial charge in [-0.3, -0.25) is 9.59 Å². The molecule has 106 valence electrons. The Hall–Kier alpha value is -1.14. The van der Waals surface area contributed by atoms with Crippen LogP contribution in [0.2, 0.25) is 0 Å². The first-order valence-electron chi connectivity index (χ1n) is 5.81. The Labute approximate surface area is 107 Å². The normalized spacial score (nSPS) is 14.8. The van der Waals surface area contributed by atoms with Crippen LogP contribution in [0.25, 0.3) is 0 Å². The number of aliphatic hydroxyl groups is 2. The molecule has 6 nitrogen and oxygen atoms in total. The van der Waals surface area contributed by atoms with E-state index in [0.29, 0.717) is 0 Å². The Kier molecular flexibility index (Phi) is 6.86. The van der Waals surface area contributed by atoms with Crippen molar-refractivity contribution < 1.29 is 29.3 Å². The predicted octanol–water partition coefficient (Wildman–Crippen LogP) is 0.393. The van der Waals surface area contributed by atoms with Crippen LogP contribution in [0.4, 0.5) is 0 Å². The van der Waals surface area contributed by atoms with Crippen molar-refractivity contribution in [2.75, 3.05) is 6.61 Å². The van der Waals surface area contributed by atoms with Crippen molar-refractivity contribution in [3.8, 4) is 0 Å². The summed E-state index contributed by atoms with van der Waals surface area (Å²) in [6.07, 6.45) is -2.27.